The maximum atomic E-state index is 10.6. The van der Waals surface area contributed by atoms with Crippen molar-refractivity contribution in [2.24, 2.45) is 0 Å². The molecule has 134 valence electrons. The van der Waals surface area contributed by atoms with Crippen LogP contribution in [-0.2, 0) is 12.8 Å². The summed E-state index contributed by atoms with van der Waals surface area (Å²) in [6.07, 6.45) is 7.85. The molecule has 0 unspecified atom stereocenters. The van der Waals surface area contributed by atoms with Crippen LogP contribution in [0.4, 0.5) is 0 Å². The largest absolute Gasteiger partial charge is 0.478 e. The number of pyridine rings is 2. The van der Waals surface area contributed by atoms with Crippen molar-refractivity contribution in [3.8, 4) is 0 Å². The van der Waals surface area contributed by atoms with Gasteiger partial charge in [0.1, 0.15) is 0 Å². The topological polar surface area (TPSA) is 63.1 Å². The highest BCUT2D eigenvalue weighted by Crippen LogP contribution is 2.32. The van der Waals surface area contributed by atoms with Gasteiger partial charge >= 0.3 is 5.97 Å². The molecule has 0 saturated carbocycles. The number of rotatable bonds is 1. The highest BCUT2D eigenvalue weighted by atomic mass is 79.9. The molecule has 2 aliphatic carbocycles. The van der Waals surface area contributed by atoms with Gasteiger partial charge in [0, 0.05) is 28.3 Å². The smallest absolute Gasteiger partial charge is 0.337 e. The van der Waals surface area contributed by atoms with Gasteiger partial charge in [0.25, 0.3) is 0 Å². The molecule has 2 aromatic rings. The summed E-state index contributed by atoms with van der Waals surface area (Å²) >= 11 is 3.42. The number of aryl methyl sites for hydroxylation is 2. The summed E-state index contributed by atoms with van der Waals surface area (Å²) in [7, 11) is 0. The van der Waals surface area contributed by atoms with Crippen LogP contribution in [0.1, 0.15) is 78.8 Å². The number of nitrogens with zero attached hydrogens (tertiary/aromatic N) is 2. The number of aromatic nitrogens is 2. The van der Waals surface area contributed by atoms with E-state index in [1.54, 1.807) is 6.07 Å². The molecule has 2 aliphatic rings. The molecule has 25 heavy (non-hydrogen) atoms. The number of hydrogen-bond acceptors (Lipinski definition) is 3. The molecular weight excluding hydrogens is 380 g/mol. The minimum Gasteiger partial charge on any atom is -0.478 e. The van der Waals surface area contributed by atoms with E-state index in [9.17, 15) is 4.79 Å². The van der Waals surface area contributed by atoms with E-state index in [-0.39, 0.29) is 7.43 Å². The zero-order valence-corrected chi connectivity index (χ0v) is 15.5. The SMILES string of the molecule is C.C[C@@H]1CCc2cc(Br)cnc21.C[C@@H]1CCc2cc(C(=O)O)cnc21. The van der Waals surface area contributed by atoms with Crippen molar-refractivity contribution in [1.82, 2.24) is 9.97 Å². The van der Waals surface area contributed by atoms with Gasteiger partial charge in [0.15, 0.2) is 0 Å². The normalized spacial score (nSPS) is 20.0. The van der Waals surface area contributed by atoms with Gasteiger partial charge in [-0.25, -0.2) is 4.79 Å². The third-order valence-corrected chi connectivity index (χ3v) is 5.28. The summed E-state index contributed by atoms with van der Waals surface area (Å²) in [5.74, 6) is 0.255. The van der Waals surface area contributed by atoms with Crippen LogP contribution in [0.5, 0.6) is 0 Å². The number of carboxylic acid groups (broad SMARTS) is 1. The summed E-state index contributed by atoms with van der Waals surface area (Å²) in [5.41, 5.74) is 5.20. The molecule has 0 saturated heterocycles. The molecule has 0 aromatic carbocycles. The first kappa shape index (κ1) is 19.6. The fraction of sp³-hybridized carbons (Fsp3) is 0.450. The Balaban J connectivity index is 0.000000175. The second kappa shape index (κ2) is 8.09. The predicted molar refractivity (Wildman–Crippen MR) is 103 cm³/mol. The Morgan fingerprint density at radius 3 is 2.12 bits per heavy atom. The van der Waals surface area contributed by atoms with E-state index >= 15 is 0 Å². The molecular formula is C20H25BrN2O2. The van der Waals surface area contributed by atoms with Gasteiger partial charge in [0.05, 0.1) is 5.56 Å². The van der Waals surface area contributed by atoms with Crippen molar-refractivity contribution >= 4 is 21.9 Å². The molecule has 0 spiro atoms. The van der Waals surface area contributed by atoms with E-state index in [2.05, 4.69) is 45.8 Å². The van der Waals surface area contributed by atoms with E-state index in [1.165, 1.54) is 30.3 Å². The molecule has 0 aliphatic heterocycles. The van der Waals surface area contributed by atoms with Crippen LogP contribution < -0.4 is 0 Å². The van der Waals surface area contributed by atoms with Crippen molar-refractivity contribution in [3.63, 3.8) is 0 Å². The summed E-state index contributed by atoms with van der Waals surface area (Å²) < 4.78 is 1.10. The zero-order valence-electron chi connectivity index (χ0n) is 13.9. The van der Waals surface area contributed by atoms with Crippen LogP contribution in [0, 0.1) is 0 Å². The van der Waals surface area contributed by atoms with Crippen molar-refractivity contribution in [2.75, 3.05) is 0 Å². The third kappa shape index (κ3) is 4.27. The Morgan fingerprint density at radius 1 is 1.04 bits per heavy atom. The standard InChI is InChI=1S/C10H11NO2.C9H10BrN.CH4/c1-6-2-3-7-4-8(10(12)13)5-11-9(6)7;1-6-2-3-7-4-8(10)5-11-9(6)7;/h4-6H,2-3H2,1H3,(H,12,13);4-6H,2-3H2,1H3;1H4/t2*6-;/m11./s1. The van der Waals surface area contributed by atoms with Crippen LogP contribution in [0.3, 0.4) is 0 Å². The Hall–Kier alpha value is -1.75. The highest BCUT2D eigenvalue weighted by molar-refractivity contribution is 9.10. The summed E-state index contributed by atoms with van der Waals surface area (Å²) in [6.45, 7) is 4.37. The second-order valence-corrected chi connectivity index (χ2v) is 7.57. The lowest BCUT2D eigenvalue weighted by Crippen LogP contribution is -2.00. The number of aromatic carboxylic acids is 1. The molecule has 0 amide bonds. The highest BCUT2D eigenvalue weighted by Gasteiger charge is 2.21. The number of carboxylic acids is 1. The lowest BCUT2D eigenvalue weighted by Gasteiger charge is -2.02. The van der Waals surface area contributed by atoms with E-state index in [4.69, 9.17) is 5.11 Å². The molecule has 2 atom stereocenters. The fourth-order valence-corrected chi connectivity index (χ4v) is 3.81. The van der Waals surface area contributed by atoms with Gasteiger partial charge in [-0.05, 0) is 76.7 Å². The van der Waals surface area contributed by atoms with Gasteiger partial charge in [-0.3, -0.25) is 9.97 Å². The third-order valence-electron chi connectivity index (χ3n) is 4.84. The second-order valence-electron chi connectivity index (χ2n) is 6.65. The maximum absolute atomic E-state index is 10.6. The van der Waals surface area contributed by atoms with Crippen LogP contribution in [0.2, 0.25) is 0 Å². The first-order chi connectivity index (χ1) is 11.5. The Kier molecular flexibility index (Phi) is 6.33. The average Bonchev–Trinajstić information content (AvgIpc) is 3.11. The van der Waals surface area contributed by atoms with E-state index < -0.39 is 5.97 Å². The number of hydrogen-bond donors (Lipinski definition) is 1. The van der Waals surface area contributed by atoms with Crippen molar-refractivity contribution in [2.45, 2.75) is 58.8 Å². The van der Waals surface area contributed by atoms with Crippen LogP contribution in [0.15, 0.2) is 29.0 Å². The van der Waals surface area contributed by atoms with Crippen LogP contribution in [0.25, 0.3) is 0 Å². The van der Waals surface area contributed by atoms with Crippen LogP contribution >= 0.6 is 15.9 Å². The predicted octanol–water partition coefficient (Wildman–Crippen LogP) is 5.36. The summed E-state index contributed by atoms with van der Waals surface area (Å²) in [4.78, 5) is 19.2. The summed E-state index contributed by atoms with van der Waals surface area (Å²) in [6, 6.07) is 3.93. The van der Waals surface area contributed by atoms with Crippen molar-refractivity contribution < 1.29 is 9.90 Å². The van der Waals surface area contributed by atoms with Gasteiger partial charge in [-0.15, -0.1) is 0 Å². The van der Waals surface area contributed by atoms with Gasteiger partial charge in [0.2, 0.25) is 0 Å². The molecule has 4 nitrogen and oxygen atoms in total. The quantitative estimate of drug-likeness (QED) is 0.694. The molecule has 0 fully saturated rings. The lowest BCUT2D eigenvalue weighted by molar-refractivity contribution is 0.0696. The van der Waals surface area contributed by atoms with Gasteiger partial charge in [-0.2, -0.15) is 0 Å². The average molecular weight is 405 g/mol. The number of halogens is 1. The number of carbonyl (C=O) groups is 1. The fourth-order valence-electron chi connectivity index (χ4n) is 3.44. The van der Waals surface area contributed by atoms with E-state index in [1.807, 2.05) is 6.20 Å². The van der Waals surface area contributed by atoms with Crippen LogP contribution in [-0.4, -0.2) is 21.0 Å². The van der Waals surface area contributed by atoms with E-state index in [0.29, 0.717) is 17.4 Å². The Morgan fingerprint density at radius 2 is 1.56 bits per heavy atom. The minimum absolute atomic E-state index is 0. The summed E-state index contributed by atoms with van der Waals surface area (Å²) in [5, 5.41) is 8.74. The van der Waals surface area contributed by atoms with Crippen molar-refractivity contribution in [3.05, 3.63) is 57.1 Å². The molecule has 0 bridgehead atoms. The monoisotopic (exact) mass is 404 g/mol. The number of fused-ring (bicyclic) bond motifs is 2. The first-order valence-corrected chi connectivity index (χ1v) is 9.11. The molecule has 4 rings (SSSR count). The van der Waals surface area contributed by atoms with Gasteiger partial charge < -0.3 is 5.11 Å². The lowest BCUT2D eigenvalue weighted by atomic mass is 10.1. The first-order valence-electron chi connectivity index (χ1n) is 8.32. The molecule has 0 radical (unpaired) electrons. The van der Waals surface area contributed by atoms with Crippen molar-refractivity contribution in [1.29, 1.82) is 0 Å². The Bertz CT molecular complexity index is 776. The molecule has 2 aromatic heterocycles. The van der Waals surface area contributed by atoms with E-state index in [0.717, 1.165) is 28.6 Å². The minimum atomic E-state index is -0.894. The zero-order chi connectivity index (χ0) is 17.3. The molecule has 2 heterocycles. The Labute approximate surface area is 157 Å². The molecule has 1 N–H and O–H groups in total. The maximum Gasteiger partial charge on any atom is 0.337 e. The van der Waals surface area contributed by atoms with Gasteiger partial charge in [-0.1, -0.05) is 21.3 Å². The molecule has 5 heteroatoms.